The van der Waals surface area contributed by atoms with Crippen LogP contribution in [0, 0.1) is 6.92 Å². The number of aryl methyl sites for hydroxylation is 1. The molecule has 0 saturated carbocycles. The van der Waals surface area contributed by atoms with Crippen molar-refractivity contribution in [3.8, 4) is 17.1 Å². The van der Waals surface area contributed by atoms with Crippen molar-refractivity contribution in [3.05, 3.63) is 72.2 Å². The second kappa shape index (κ2) is 6.72. The maximum Gasteiger partial charge on any atom is 0.409 e. The number of halogens is 3. The van der Waals surface area contributed by atoms with Gasteiger partial charge < -0.3 is 5.73 Å². The van der Waals surface area contributed by atoms with E-state index in [0.717, 1.165) is 16.6 Å². The molecular weight excluding hydrogens is 367 g/mol. The number of fused-ring (bicyclic) bond motifs is 1. The van der Waals surface area contributed by atoms with E-state index < -0.39 is 12.2 Å². The molecule has 1 aromatic carbocycles. The molecule has 0 amide bonds. The molecule has 28 heavy (non-hydrogen) atoms. The Bertz CT molecular complexity index is 1150. The first-order valence-corrected chi connectivity index (χ1v) is 8.54. The molecule has 4 aromatic rings. The summed E-state index contributed by atoms with van der Waals surface area (Å²) < 4.78 is 40.5. The van der Waals surface area contributed by atoms with Crippen LogP contribution in [0.2, 0.25) is 0 Å². The lowest BCUT2D eigenvalue weighted by Gasteiger charge is -2.15. The molecular formula is C20H16F3N5. The number of nitrogens with zero attached hydrogens (tertiary/aromatic N) is 4. The summed E-state index contributed by atoms with van der Waals surface area (Å²) in [6.45, 7) is 1.89. The van der Waals surface area contributed by atoms with E-state index in [1.54, 1.807) is 23.0 Å². The van der Waals surface area contributed by atoms with Crippen LogP contribution < -0.4 is 5.73 Å². The summed E-state index contributed by atoms with van der Waals surface area (Å²) in [6.07, 6.45) is -2.84. The lowest BCUT2D eigenvalue weighted by Crippen LogP contribution is -2.29. The predicted octanol–water partition coefficient (Wildman–Crippen LogP) is 4.35. The van der Waals surface area contributed by atoms with Crippen LogP contribution in [0.25, 0.3) is 28.0 Å². The van der Waals surface area contributed by atoms with Gasteiger partial charge in [0.1, 0.15) is 6.04 Å². The number of aromatic nitrogens is 4. The molecule has 1 atom stereocenters. The minimum atomic E-state index is -4.55. The molecule has 1 unspecified atom stereocenters. The molecule has 0 aliphatic heterocycles. The Labute approximate surface area is 158 Å². The molecule has 0 aliphatic rings. The van der Waals surface area contributed by atoms with Crippen molar-refractivity contribution in [2.75, 3.05) is 0 Å². The van der Waals surface area contributed by atoms with Gasteiger partial charge in [0.2, 0.25) is 0 Å². The Kier molecular flexibility index (Phi) is 4.35. The maximum absolute atomic E-state index is 12.9. The lowest BCUT2D eigenvalue weighted by atomic mass is 10.1. The van der Waals surface area contributed by atoms with E-state index in [1.165, 1.54) is 12.1 Å². The summed E-state index contributed by atoms with van der Waals surface area (Å²) in [5, 5.41) is 5.27. The lowest BCUT2D eigenvalue weighted by molar-refractivity contribution is -0.149. The average molecular weight is 383 g/mol. The first-order valence-electron chi connectivity index (χ1n) is 8.54. The van der Waals surface area contributed by atoms with E-state index in [-0.39, 0.29) is 5.69 Å². The quantitative estimate of drug-likeness (QED) is 0.571. The zero-order valence-electron chi connectivity index (χ0n) is 14.9. The summed E-state index contributed by atoms with van der Waals surface area (Å²) >= 11 is 0. The second-order valence-electron chi connectivity index (χ2n) is 6.43. The first-order chi connectivity index (χ1) is 13.3. The fourth-order valence-corrected chi connectivity index (χ4v) is 2.96. The van der Waals surface area contributed by atoms with Crippen LogP contribution in [0.15, 0.2) is 60.8 Å². The molecule has 2 N–H and O–H groups in total. The highest BCUT2D eigenvalue weighted by Crippen LogP contribution is 2.31. The van der Waals surface area contributed by atoms with Gasteiger partial charge in [-0.3, -0.25) is 4.98 Å². The standard InChI is InChI=1S/C20H16F3N5/c1-12-4-2-7-18(26-12)28-17-10-13(8-9-14(17)11-25-28)15-5-3-6-16(27-15)19(24)20(21,22)23/h2-11,19H,24H2,1H3. The normalized spacial score (nSPS) is 13.0. The Balaban J connectivity index is 1.80. The van der Waals surface area contributed by atoms with Gasteiger partial charge in [0.25, 0.3) is 0 Å². The van der Waals surface area contributed by atoms with Crippen molar-refractivity contribution in [2.45, 2.75) is 19.1 Å². The molecule has 3 heterocycles. The molecule has 0 fully saturated rings. The third kappa shape index (κ3) is 3.34. The third-order valence-corrected chi connectivity index (χ3v) is 4.40. The van der Waals surface area contributed by atoms with Gasteiger partial charge in [0, 0.05) is 16.6 Å². The van der Waals surface area contributed by atoms with Crippen LogP contribution in [0.4, 0.5) is 13.2 Å². The molecule has 5 nitrogen and oxygen atoms in total. The summed E-state index contributed by atoms with van der Waals surface area (Å²) in [4.78, 5) is 8.60. The zero-order chi connectivity index (χ0) is 19.9. The Morgan fingerprint density at radius 1 is 1.00 bits per heavy atom. The number of alkyl halides is 3. The topological polar surface area (TPSA) is 69.6 Å². The number of benzene rings is 1. The van der Waals surface area contributed by atoms with E-state index in [2.05, 4.69) is 15.1 Å². The molecule has 8 heteroatoms. The SMILES string of the molecule is Cc1cccc(-n2ncc3ccc(-c4cccc(C(N)C(F)(F)F)n4)cc32)n1. The Hall–Kier alpha value is -3.26. The van der Waals surface area contributed by atoms with Crippen molar-refractivity contribution in [3.63, 3.8) is 0 Å². The number of hydrogen-bond acceptors (Lipinski definition) is 4. The number of pyridine rings is 2. The molecule has 0 spiro atoms. The van der Waals surface area contributed by atoms with Crippen LogP contribution in [-0.4, -0.2) is 25.9 Å². The van der Waals surface area contributed by atoms with Gasteiger partial charge in [0.05, 0.1) is 23.1 Å². The van der Waals surface area contributed by atoms with E-state index in [1.807, 2.05) is 37.3 Å². The van der Waals surface area contributed by atoms with Crippen LogP contribution >= 0.6 is 0 Å². The summed E-state index contributed by atoms with van der Waals surface area (Å²) in [6, 6.07) is 13.4. The van der Waals surface area contributed by atoms with Crippen LogP contribution in [0.1, 0.15) is 17.4 Å². The van der Waals surface area contributed by atoms with Crippen LogP contribution in [0.3, 0.4) is 0 Å². The predicted molar refractivity (Wildman–Crippen MR) is 99.8 cm³/mol. The minimum Gasteiger partial charge on any atom is -0.315 e. The van der Waals surface area contributed by atoms with Gasteiger partial charge in [-0.05, 0) is 37.3 Å². The summed E-state index contributed by atoms with van der Waals surface area (Å²) in [7, 11) is 0. The van der Waals surface area contributed by atoms with Crippen molar-refractivity contribution in [2.24, 2.45) is 5.73 Å². The number of rotatable bonds is 3. The largest absolute Gasteiger partial charge is 0.409 e. The third-order valence-electron chi connectivity index (χ3n) is 4.40. The number of hydrogen-bond donors (Lipinski definition) is 1. The Morgan fingerprint density at radius 2 is 1.79 bits per heavy atom. The van der Waals surface area contributed by atoms with Crippen molar-refractivity contribution in [1.29, 1.82) is 0 Å². The van der Waals surface area contributed by atoms with Crippen LogP contribution in [-0.2, 0) is 0 Å². The van der Waals surface area contributed by atoms with Gasteiger partial charge in [-0.25, -0.2) is 9.67 Å². The van der Waals surface area contributed by atoms with Gasteiger partial charge in [-0.15, -0.1) is 0 Å². The fraction of sp³-hybridized carbons (Fsp3) is 0.150. The summed E-state index contributed by atoms with van der Waals surface area (Å²) in [5.41, 5.74) is 7.78. The molecule has 0 aliphatic carbocycles. The van der Waals surface area contributed by atoms with Crippen LogP contribution in [0.5, 0.6) is 0 Å². The van der Waals surface area contributed by atoms with E-state index in [4.69, 9.17) is 5.73 Å². The highest BCUT2D eigenvalue weighted by atomic mass is 19.4. The van der Waals surface area contributed by atoms with Gasteiger partial charge in [-0.2, -0.15) is 18.3 Å². The maximum atomic E-state index is 12.9. The molecule has 4 rings (SSSR count). The Morgan fingerprint density at radius 3 is 2.54 bits per heavy atom. The van der Waals surface area contributed by atoms with E-state index >= 15 is 0 Å². The smallest absolute Gasteiger partial charge is 0.315 e. The van der Waals surface area contributed by atoms with E-state index in [0.29, 0.717) is 17.1 Å². The molecule has 0 saturated heterocycles. The van der Waals surface area contributed by atoms with Gasteiger partial charge in [-0.1, -0.05) is 24.3 Å². The van der Waals surface area contributed by atoms with Crippen molar-refractivity contribution < 1.29 is 13.2 Å². The summed E-state index contributed by atoms with van der Waals surface area (Å²) in [5.74, 6) is 0.660. The highest BCUT2D eigenvalue weighted by Gasteiger charge is 2.38. The molecule has 142 valence electrons. The monoisotopic (exact) mass is 383 g/mol. The van der Waals surface area contributed by atoms with Gasteiger partial charge >= 0.3 is 6.18 Å². The first kappa shape index (κ1) is 18.1. The molecule has 3 aromatic heterocycles. The molecule has 0 radical (unpaired) electrons. The average Bonchev–Trinajstić information content (AvgIpc) is 3.10. The highest BCUT2D eigenvalue weighted by molar-refractivity contribution is 5.84. The van der Waals surface area contributed by atoms with Crippen molar-refractivity contribution in [1.82, 2.24) is 19.7 Å². The molecule has 0 bridgehead atoms. The number of nitrogens with two attached hydrogens (primary N) is 1. The van der Waals surface area contributed by atoms with E-state index in [9.17, 15) is 13.2 Å². The second-order valence-corrected chi connectivity index (χ2v) is 6.43. The zero-order valence-corrected chi connectivity index (χ0v) is 14.9. The fourth-order valence-electron chi connectivity index (χ4n) is 2.96. The minimum absolute atomic E-state index is 0.223. The van der Waals surface area contributed by atoms with Gasteiger partial charge in [0.15, 0.2) is 5.82 Å². The van der Waals surface area contributed by atoms with Crippen molar-refractivity contribution >= 4 is 10.9 Å².